The molecule has 0 radical (unpaired) electrons. The Kier molecular flexibility index (Phi) is 6.78. The summed E-state index contributed by atoms with van der Waals surface area (Å²) in [6.45, 7) is 4.89. The van der Waals surface area contributed by atoms with Crippen molar-refractivity contribution in [3.8, 4) is 11.8 Å². The molecule has 1 N–H and O–H groups in total. The number of amides is 1. The second kappa shape index (κ2) is 8.36. The number of benzene rings is 1. The average Bonchev–Trinajstić information content (AvgIpc) is 2.46. The Morgan fingerprint density at radius 1 is 1.40 bits per heavy atom. The number of ether oxygens (including phenoxy) is 1. The van der Waals surface area contributed by atoms with Crippen molar-refractivity contribution in [2.45, 2.75) is 19.9 Å². The molecule has 1 atom stereocenters. The first-order valence-corrected chi connectivity index (χ1v) is 6.63. The first-order chi connectivity index (χ1) is 9.63. The van der Waals surface area contributed by atoms with E-state index < -0.39 is 0 Å². The van der Waals surface area contributed by atoms with Gasteiger partial charge in [-0.25, -0.2) is 0 Å². The van der Waals surface area contributed by atoms with E-state index in [-0.39, 0.29) is 18.6 Å². The van der Waals surface area contributed by atoms with Crippen LogP contribution in [0.2, 0.25) is 0 Å². The van der Waals surface area contributed by atoms with Crippen LogP contribution in [0.3, 0.4) is 0 Å². The van der Waals surface area contributed by atoms with E-state index in [2.05, 4.69) is 11.8 Å². The molecular formula is C16H21NO3. The molecular weight excluding hydrogens is 254 g/mol. The first kappa shape index (κ1) is 16.2. The topological polar surface area (TPSA) is 49.8 Å². The van der Waals surface area contributed by atoms with Crippen LogP contribution in [0.25, 0.3) is 0 Å². The van der Waals surface area contributed by atoms with Crippen LogP contribution >= 0.6 is 0 Å². The van der Waals surface area contributed by atoms with Gasteiger partial charge in [-0.3, -0.25) is 4.79 Å². The summed E-state index contributed by atoms with van der Waals surface area (Å²) in [7, 11) is 1.63. The maximum absolute atomic E-state index is 12.4. The summed E-state index contributed by atoms with van der Waals surface area (Å²) < 4.78 is 5.10. The second-order valence-electron chi connectivity index (χ2n) is 4.43. The molecule has 108 valence electrons. The van der Waals surface area contributed by atoms with Gasteiger partial charge in [-0.2, -0.15) is 0 Å². The maximum Gasteiger partial charge on any atom is 0.254 e. The van der Waals surface area contributed by atoms with Gasteiger partial charge in [0.25, 0.3) is 5.91 Å². The smallest absolute Gasteiger partial charge is 0.254 e. The van der Waals surface area contributed by atoms with Crippen LogP contribution in [0.1, 0.15) is 29.8 Å². The van der Waals surface area contributed by atoms with Gasteiger partial charge in [0, 0.05) is 24.8 Å². The Hall–Kier alpha value is -1.83. The number of likely N-dealkylation sites (N-methyl/N-ethyl adjacent to an activating group) is 1. The number of nitrogens with zero attached hydrogens (tertiary/aromatic N) is 1. The van der Waals surface area contributed by atoms with Crippen LogP contribution in [0.15, 0.2) is 24.3 Å². The Bertz CT molecular complexity index is 485. The second-order valence-corrected chi connectivity index (χ2v) is 4.43. The van der Waals surface area contributed by atoms with Crippen LogP contribution in [0, 0.1) is 11.8 Å². The molecule has 0 saturated carbocycles. The molecule has 1 aromatic rings. The zero-order chi connectivity index (χ0) is 15.0. The number of aliphatic hydroxyl groups excluding tert-OH is 1. The molecule has 0 aromatic heterocycles. The third kappa shape index (κ3) is 4.37. The van der Waals surface area contributed by atoms with Gasteiger partial charge in [0.2, 0.25) is 0 Å². The predicted octanol–water partition coefficient (Wildman–Crippen LogP) is 1.53. The van der Waals surface area contributed by atoms with Crippen LogP contribution in [0.4, 0.5) is 0 Å². The molecule has 0 spiro atoms. The molecule has 1 unspecified atom stereocenters. The Balaban J connectivity index is 2.85. The number of carbonyl (C=O) groups excluding carboxylic acids is 1. The van der Waals surface area contributed by atoms with Gasteiger partial charge >= 0.3 is 0 Å². The van der Waals surface area contributed by atoms with Gasteiger partial charge in [-0.15, -0.1) is 0 Å². The van der Waals surface area contributed by atoms with E-state index in [1.165, 1.54) is 0 Å². The summed E-state index contributed by atoms with van der Waals surface area (Å²) in [5.41, 5.74) is 1.41. The van der Waals surface area contributed by atoms with Crippen LogP contribution in [-0.2, 0) is 4.74 Å². The van der Waals surface area contributed by atoms with E-state index in [0.29, 0.717) is 18.7 Å². The molecule has 1 rings (SSSR count). The van der Waals surface area contributed by atoms with Crippen molar-refractivity contribution in [2.24, 2.45) is 0 Å². The first-order valence-electron chi connectivity index (χ1n) is 6.63. The van der Waals surface area contributed by atoms with E-state index in [4.69, 9.17) is 9.84 Å². The third-order valence-electron chi connectivity index (χ3n) is 2.99. The highest BCUT2D eigenvalue weighted by molar-refractivity contribution is 5.94. The number of carbonyl (C=O) groups is 1. The third-order valence-corrected chi connectivity index (χ3v) is 2.99. The Morgan fingerprint density at radius 2 is 2.05 bits per heavy atom. The number of hydrogen-bond acceptors (Lipinski definition) is 3. The molecule has 0 aliphatic carbocycles. The van der Waals surface area contributed by atoms with E-state index in [1.54, 1.807) is 36.3 Å². The number of methoxy groups -OCH3 is 1. The highest BCUT2D eigenvalue weighted by atomic mass is 16.5. The zero-order valence-corrected chi connectivity index (χ0v) is 12.2. The summed E-state index contributed by atoms with van der Waals surface area (Å²) in [5.74, 6) is 5.36. The lowest BCUT2D eigenvalue weighted by atomic mass is 10.1. The largest absolute Gasteiger partial charge is 0.384 e. The van der Waals surface area contributed by atoms with Crippen LogP contribution in [0.5, 0.6) is 0 Å². The molecule has 20 heavy (non-hydrogen) atoms. The summed E-state index contributed by atoms with van der Waals surface area (Å²) in [5, 5.41) is 8.64. The minimum Gasteiger partial charge on any atom is -0.384 e. The number of aliphatic hydroxyl groups is 1. The van der Waals surface area contributed by atoms with Gasteiger partial charge in [-0.05, 0) is 38.1 Å². The van der Waals surface area contributed by atoms with E-state index in [0.717, 1.165) is 5.56 Å². The fraction of sp³-hybridized carbons (Fsp3) is 0.438. The van der Waals surface area contributed by atoms with Crippen molar-refractivity contribution in [3.63, 3.8) is 0 Å². The van der Waals surface area contributed by atoms with Gasteiger partial charge in [0.05, 0.1) is 12.6 Å². The van der Waals surface area contributed by atoms with Crippen molar-refractivity contribution in [1.29, 1.82) is 0 Å². The highest BCUT2D eigenvalue weighted by Gasteiger charge is 2.19. The minimum atomic E-state index is -0.168. The molecule has 1 aromatic carbocycles. The van der Waals surface area contributed by atoms with E-state index >= 15 is 0 Å². The monoisotopic (exact) mass is 275 g/mol. The minimum absolute atomic E-state index is 0.0151. The van der Waals surface area contributed by atoms with Crippen molar-refractivity contribution in [3.05, 3.63) is 35.4 Å². The van der Waals surface area contributed by atoms with Crippen LogP contribution < -0.4 is 0 Å². The van der Waals surface area contributed by atoms with Gasteiger partial charge < -0.3 is 14.7 Å². The van der Waals surface area contributed by atoms with Gasteiger partial charge in [0.1, 0.15) is 6.61 Å². The molecule has 0 saturated heterocycles. The fourth-order valence-corrected chi connectivity index (χ4v) is 1.99. The Morgan fingerprint density at radius 3 is 2.55 bits per heavy atom. The van der Waals surface area contributed by atoms with Crippen molar-refractivity contribution in [2.75, 3.05) is 26.9 Å². The molecule has 0 heterocycles. The summed E-state index contributed by atoms with van der Waals surface area (Å²) in [6, 6.07) is 7.11. The zero-order valence-electron chi connectivity index (χ0n) is 12.2. The average molecular weight is 275 g/mol. The molecule has 4 nitrogen and oxygen atoms in total. The quantitative estimate of drug-likeness (QED) is 0.829. The van der Waals surface area contributed by atoms with Crippen molar-refractivity contribution < 1.29 is 14.6 Å². The molecule has 0 bridgehead atoms. The standard InChI is InChI=1S/C16H21NO3/c1-4-17(13(2)12-20-3)16(19)15-9-7-14(8-10-15)6-5-11-18/h7-10,13,18H,4,11-12H2,1-3H3. The van der Waals surface area contributed by atoms with Gasteiger partial charge in [-0.1, -0.05) is 11.8 Å². The van der Waals surface area contributed by atoms with E-state index in [9.17, 15) is 4.79 Å². The van der Waals surface area contributed by atoms with Crippen LogP contribution in [-0.4, -0.2) is 48.8 Å². The highest BCUT2D eigenvalue weighted by Crippen LogP contribution is 2.10. The van der Waals surface area contributed by atoms with E-state index in [1.807, 2.05) is 13.8 Å². The molecule has 4 heteroatoms. The van der Waals surface area contributed by atoms with Crippen molar-refractivity contribution >= 4 is 5.91 Å². The lowest BCUT2D eigenvalue weighted by molar-refractivity contribution is 0.0579. The molecule has 0 aliphatic rings. The Labute approximate surface area is 120 Å². The molecule has 0 fully saturated rings. The number of rotatable bonds is 5. The van der Waals surface area contributed by atoms with Gasteiger partial charge in [0.15, 0.2) is 0 Å². The lowest BCUT2D eigenvalue weighted by Crippen LogP contribution is -2.40. The summed E-state index contributed by atoms with van der Waals surface area (Å²) in [4.78, 5) is 14.2. The molecule has 1 amide bonds. The lowest BCUT2D eigenvalue weighted by Gasteiger charge is -2.27. The fourth-order valence-electron chi connectivity index (χ4n) is 1.99. The SMILES string of the molecule is CCN(C(=O)c1ccc(C#CCO)cc1)C(C)COC. The van der Waals surface area contributed by atoms with Crippen molar-refractivity contribution in [1.82, 2.24) is 4.90 Å². The number of hydrogen-bond donors (Lipinski definition) is 1. The summed E-state index contributed by atoms with van der Waals surface area (Å²) in [6.07, 6.45) is 0. The summed E-state index contributed by atoms with van der Waals surface area (Å²) >= 11 is 0. The normalized spacial score (nSPS) is 11.4. The molecule has 0 aliphatic heterocycles. The predicted molar refractivity (Wildman–Crippen MR) is 78.5 cm³/mol. The maximum atomic E-state index is 12.4.